The summed E-state index contributed by atoms with van der Waals surface area (Å²) in [6.07, 6.45) is 2.63. The zero-order valence-electron chi connectivity index (χ0n) is 13.5. The number of carbonyl (C=O) groups excluding carboxylic acids is 1. The summed E-state index contributed by atoms with van der Waals surface area (Å²) in [5.41, 5.74) is 3.24. The lowest BCUT2D eigenvalue weighted by Crippen LogP contribution is -2.30. The zero-order valence-corrected chi connectivity index (χ0v) is 15.0. The molecule has 0 fully saturated rings. The molecule has 3 rings (SSSR count). The molecule has 0 aliphatic rings. The third kappa shape index (κ3) is 4.68. The molecule has 0 unspecified atom stereocenters. The Morgan fingerprint density at radius 2 is 1.96 bits per heavy atom. The Balaban J connectivity index is 1.61. The molecule has 6 heteroatoms. The van der Waals surface area contributed by atoms with Crippen molar-refractivity contribution in [1.82, 2.24) is 10.3 Å². The normalized spacial score (nSPS) is 11.0. The lowest BCUT2D eigenvalue weighted by Gasteiger charge is -2.07. The van der Waals surface area contributed by atoms with Crippen LogP contribution in [0.2, 0.25) is 0 Å². The van der Waals surface area contributed by atoms with Crippen LogP contribution in [-0.4, -0.2) is 22.3 Å². The number of hydrogen-bond donors (Lipinski definition) is 2. The third-order valence-corrected chi connectivity index (χ3v) is 4.28. The molecule has 25 heavy (non-hydrogen) atoms. The van der Waals surface area contributed by atoms with Crippen LogP contribution < -0.4 is 10.1 Å². The Labute approximate surface area is 156 Å². The Morgan fingerprint density at radius 1 is 1.16 bits per heavy atom. The van der Waals surface area contributed by atoms with Gasteiger partial charge in [0.1, 0.15) is 12.4 Å². The number of aromatic amines is 1. The lowest BCUT2D eigenvalue weighted by atomic mass is 10.1. The van der Waals surface area contributed by atoms with Crippen LogP contribution in [-0.2, 0) is 17.8 Å². The quantitative estimate of drug-likeness (QED) is 0.606. The smallest absolute Gasteiger partial charge is 0.253 e. The van der Waals surface area contributed by atoms with E-state index in [9.17, 15) is 4.79 Å². The van der Waals surface area contributed by atoms with Crippen molar-refractivity contribution in [3.8, 4) is 5.75 Å². The first-order chi connectivity index (χ1) is 12.1. The highest BCUT2D eigenvalue weighted by atomic mass is 35.5. The fraction of sp³-hybridized carbons (Fsp3) is 0.211. The molecule has 0 aliphatic heterocycles. The largest absolute Gasteiger partial charge is 0.489 e. The summed E-state index contributed by atoms with van der Waals surface area (Å²) < 4.78 is 5.84. The molecule has 1 aromatic heterocycles. The number of carbonyl (C=O) groups is 1. The maximum absolute atomic E-state index is 11.4. The summed E-state index contributed by atoms with van der Waals surface area (Å²) in [6, 6.07) is 16.0. The predicted octanol–water partition coefficient (Wildman–Crippen LogP) is 4.21. The second-order valence-electron chi connectivity index (χ2n) is 5.64. The molecular weight excluding hydrogens is 359 g/mol. The van der Waals surface area contributed by atoms with Crippen LogP contribution >= 0.6 is 23.2 Å². The van der Waals surface area contributed by atoms with Gasteiger partial charge < -0.3 is 15.0 Å². The highest BCUT2D eigenvalue weighted by Gasteiger charge is 2.11. The number of benzene rings is 2. The summed E-state index contributed by atoms with van der Waals surface area (Å²) in [5.74, 6) is 0.435. The molecule has 1 amide bonds. The number of aromatic nitrogens is 1. The average molecular weight is 377 g/mol. The van der Waals surface area contributed by atoms with Crippen molar-refractivity contribution in [2.75, 3.05) is 6.54 Å². The van der Waals surface area contributed by atoms with E-state index in [0.29, 0.717) is 19.6 Å². The Hall–Kier alpha value is -2.17. The number of H-pyrrole nitrogens is 1. The maximum atomic E-state index is 11.4. The molecule has 0 saturated carbocycles. The first-order valence-electron chi connectivity index (χ1n) is 7.96. The van der Waals surface area contributed by atoms with Gasteiger partial charge in [-0.2, -0.15) is 0 Å². The topological polar surface area (TPSA) is 54.1 Å². The number of halogens is 2. The first kappa shape index (κ1) is 17.6. The van der Waals surface area contributed by atoms with Gasteiger partial charge in [-0.3, -0.25) is 4.79 Å². The van der Waals surface area contributed by atoms with Crippen LogP contribution in [0.4, 0.5) is 0 Å². The van der Waals surface area contributed by atoms with E-state index in [4.69, 9.17) is 27.9 Å². The molecule has 4 nitrogen and oxygen atoms in total. The fourth-order valence-electron chi connectivity index (χ4n) is 2.60. The monoisotopic (exact) mass is 376 g/mol. The van der Waals surface area contributed by atoms with Crippen molar-refractivity contribution in [1.29, 1.82) is 0 Å². The van der Waals surface area contributed by atoms with E-state index in [1.807, 2.05) is 54.7 Å². The predicted molar refractivity (Wildman–Crippen MR) is 101 cm³/mol. The Morgan fingerprint density at radius 3 is 2.72 bits per heavy atom. The van der Waals surface area contributed by atoms with Crippen molar-refractivity contribution < 1.29 is 9.53 Å². The Bertz CT molecular complexity index is 847. The summed E-state index contributed by atoms with van der Waals surface area (Å²) in [5, 5.41) is 3.80. The number of alkyl halides is 2. The van der Waals surface area contributed by atoms with Gasteiger partial charge in [0.2, 0.25) is 0 Å². The minimum atomic E-state index is -1.03. The second kappa shape index (κ2) is 8.28. The van der Waals surface area contributed by atoms with Crippen molar-refractivity contribution >= 4 is 40.0 Å². The summed E-state index contributed by atoms with van der Waals surface area (Å²) >= 11 is 11.0. The van der Waals surface area contributed by atoms with Gasteiger partial charge in [0.25, 0.3) is 5.91 Å². The van der Waals surface area contributed by atoms with Gasteiger partial charge in [-0.15, -0.1) is 0 Å². The van der Waals surface area contributed by atoms with Crippen molar-refractivity contribution in [2.45, 2.75) is 17.9 Å². The van der Waals surface area contributed by atoms with Gasteiger partial charge in [-0.1, -0.05) is 53.5 Å². The molecule has 0 aliphatic carbocycles. The van der Waals surface area contributed by atoms with Gasteiger partial charge >= 0.3 is 0 Å². The van der Waals surface area contributed by atoms with Crippen LogP contribution in [0.1, 0.15) is 11.1 Å². The summed E-state index contributed by atoms with van der Waals surface area (Å²) in [7, 11) is 0. The molecule has 0 saturated heterocycles. The highest BCUT2D eigenvalue weighted by molar-refractivity contribution is 6.53. The molecule has 2 aromatic carbocycles. The van der Waals surface area contributed by atoms with Crippen LogP contribution in [0.15, 0.2) is 54.7 Å². The van der Waals surface area contributed by atoms with Gasteiger partial charge in [0.05, 0.1) is 0 Å². The summed E-state index contributed by atoms with van der Waals surface area (Å²) in [4.78, 5) is 13.6. The zero-order chi connectivity index (χ0) is 17.6. The van der Waals surface area contributed by atoms with E-state index in [0.717, 1.165) is 27.8 Å². The minimum absolute atomic E-state index is 0.375. The lowest BCUT2D eigenvalue weighted by molar-refractivity contribution is -0.119. The van der Waals surface area contributed by atoms with E-state index < -0.39 is 4.84 Å². The number of ether oxygens (including phenoxy) is 1. The van der Waals surface area contributed by atoms with Gasteiger partial charge in [-0.25, -0.2) is 0 Å². The van der Waals surface area contributed by atoms with Crippen LogP contribution in [0, 0.1) is 0 Å². The molecular formula is C19H18Cl2N2O2. The average Bonchev–Trinajstić information content (AvgIpc) is 3.03. The molecule has 0 atom stereocenters. The van der Waals surface area contributed by atoms with Crippen LogP contribution in [0.25, 0.3) is 10.9 Å². The first-order valence-corrected chi connectivity index (χ1v) is 8.83. The van der Waals surface area contributed by atoms with Crippen molar-refractivity contribution in [3.05, 3.63) is 65.9 Å². The number of fused-ring (bicyclic) bond motifs is 1. The van der Waals surface area contributed by atoms with Gasteiger partial charge in [0, 0.05) is 29.7 Å². The number of rotatable bonds is 7. The molecule has 0 radical (unpaired) electrons. The standard InChI is InChI=1S/C19H18Cl2N2O2/c20-18(21)19(24)22-9-8-14-11-23-17-10-15(6-7-16(14)17)25-12-13-4-2-1-3-5-13/h1-7,10-11,18,23H,8-9,12H2,(H,22,24). The molecule has 1 heterocycles. The molecule has 2 N–H and O–H groups in total. The van der Waals surface area contributed by atoms with E-state index in [2.05, 4.69) is 10.3 Å². The third-order valence-electron chi connectivity index (χ3n) is 3.88. The summed E-state index contributed by atoms with van der Waals surface area (Å²) in [6.45, 7) is 1.01. The van der Waals surface area contributed by atoms with E-state index in [1.54, 1.807) is 0 Å². The molecule has 130 valence electrons. The van der Waals surface area contributed by atoms with E-state index in [1.165, 1.54) is 0 Å². The van der Waals surface area contributed by atoms with E-state index >= 15 is 0 Å². The van der Waals surface area contributed by atoms with Gasteiger partial charge in [-0.05, 0) is 29.7 Å². The van der Waals surface area contributed by atoms with E-state index in [-0.39, 0.29) is 5.91 Å². The number of nitrogens with one attached hydrogen (secondary N) is 2. The maximum Gasteiger partial charge on any atom is 0.253 e. The van der Waals surface area contributed by atoms with Gasteiger partial charge in [0.15, 0.2) is 4.84 Å². The molecule has 0 bridgehead atoms. The number of amides is 1. The second-order valence-corrected chi connectivity index (χ2v) is 6.73. The minimum Gasteiger partial charge on any atom is -0.489 e. The van der Waals surface area contributed by atoms with Crippen LogP contribution in [0.3, 0.4) is 0 Å². The SMILES string of the molecule is O=C(NCCc1c[nH]c2cc(OCc3ccccc3)ccc12)C(Cl)Cl. The highest BCUT2D eigenvalue weighted by Crippen LogP contribution is 2.24. The van der Waals surface area contributed by atoms with Crippen molar-refractivity contribution in [3.63, 3.8) is 0 Å². The van der Waals surface area contributed by atoms with Crippen LogP contribution in [0.5, 0.6) is 5.75 Å². The fourth-order valence-corrected chi connectivity index (χ4v) is 2.75. The Kier molecular flexibility index (Phi) is 5.84. The van der Waals surface area contributed by atoms with Crippen molar-refractivity contribution in [2.24, 2.45) is 0 Å². The molecule has 3 aromatic rings. The number of hydrogen-bond acceptors (Lipinski definition) is 2. The molecule has 0 spiro atoms.